The van der Waals surface area contributed by atoms with E-state index in [4.69, 9.17) is 4.99 Å². The smallest absolute Gasteiger partial charge is 0.164 e. The second-order valence-corrected chi connectivity index (χ2v) is 10.9. The molecule has 0 amide bonds. The molecule has 0 spiro atoms. The summed E-state index contributed by atoms with van der Waals surface area (Å²) in [6, 6.07) is 14.8. The van der Waals surface area contributed by atoms with Crippen LogP contribution < -0.4 is 4.90 Å². The predicted octanol–water partition coefficient (Wildman–Crippen LogP) is 3.89. The van der Waals surface area contributed by atoms with Crippen LogP contribution in [-0.4, -0.2) is 36.4 Å². The molecule has 2 aromatic carbocycles. The van der Waals surface area contributed by atoms with E-state index < -0.39 is 9.84 Å². The molecule has 0 N–H and O–H groups in total. The lowest BCUT2D eigenvalue weighted by atomic mass is 10.1. The molecular formula is C21H24N2O2S2. The van der Waals surface area contributed by atoms with Gasteiger partial charge in [0.2, 0.25) is 0 Å². The molecule has 0 unspecified atom stereocenters. The van der Waals surface area contributed by atoms with Crippen molar-refractivity contribution in [1.29, 1.82) is 0 Å². The largest absolute Gasteiger partial charge is 0.317 e. The zero-order valence-electron chi connectivity index (χ0n) is 15.8. The van der Waals surface area contributed by atoms with Gasteiger partial charge in [0.1, 0.15) is 0 Å². The van der Waals surface area contributed by atoms with Crippen LogP contribution in [0, 0.1) is 20.8 Å². The molecule has 0 aliphatic carbocycles. The molecular weight excluding hydrogens is 376 g/mol. The molecule has 0 saturated carbocycles. The number of amidine groups is 1. The molecule has 4 rings (SSSR count). The number of fused-ring (bicyclic) bond motifs is 1. The number of benzene rings is 2. The van der Waals surface area contributed by atoms with Crippen molar-refractivity contribution in [1.82, 2.24) is 0 Å². The van der Waals surface area contributed by atoms with Crippen molar-refractivity contribution in [3.05, 3.63) is 64.7 Å². The maximum Gasteiger partial charge on any atom is 0.164 e. The minimum absolute atomic E-state index is 0.0512. The van der Waals surface area contributed by atoms with Crippen LogP contribution in [0.25, 0.3) is 0 Å². The summed E-state index contributed by atoms with van der Waals surface area (Å²) in [7, 11) is -2.94. The van der Waals surface area contributed by atoms with Crippen LogP contribution in [0.1, 0.15) is 22.3 Å². The number of aryl methyl sites for hydroxylation is 3. The van der Waals surface area contributed by atoms with E-state index in [1.165, 1.54) is 22.3 Å². The lowest BCUT2D eigenvalue weighted by Crippen LogP contribution is -2.28. The van der Waals surface area contributed by atoms with Gasteiger partial charge in [0.25, 0.3) is 0 Å². The summed E-state index contributed by atoms with van der Waals surface area (Å²) >= 11 is 1.62. The third kappa shape index (κ3) is 3.92. The van der Waals surface area contributed by atoms with Crippen LogP contribution in [0.5, 0.6) is 0 Å². The van der Waals surface area contributed by atoms with Crippen LogP contribution in [0.2, 0.25) is 0 Å². The van der Waals surface area contributed by atoms with Gasteiger partial charge < -0.3 is 4.90 Å². The average Bonchev–Trinajstić information content (AvgIpc) is 3.06. The number of nitrogens with zero attached hydrogens (tertiary/aromatic N) is 2. The molecule has 0 aromatic heterocycles. The summed E-state index contributed by atoms with van der Waals surface area (Å²) in [6.45, 7) is 7.06. The molecule has 6 heteroatoms. The summed E-state index contributed by atoms with van der Waals surface area (Å²) in [5.41, 5.74) is 6.05. The van der Waals surface area contributed by atoms with Gasteiger partial charge in [-0.1, -0.05) is 42.1 Å². The van der Waals surface area contributed by atoms with E-state index in [-0.39, 0.29) is 22.8 Å². The monoisotopic (exact) mass is 400 g/mol. The fraction of sp³-hybridized carbons (Fsp3) is 0.381. The Balaban J connectivity index is 1.72. The molecule has 2 aliphatic heterocycles. The first-order valence-electron chi connectivity index (χ1n) is 9.16. The van der Waals surface area contributed by atoms with E-state index in [1.807, 2.05) is 0 Å². The second kappa shape index (κ2) is 6.99. The summed E-state index contributed by atoms with van der Waals surface area (Å²) in [5, 5.41) is 0.989. The highest BCUT2D eigenvalue weighted by atomic mass is 32.2. The molecule has 0 bridgehead atoms. The maximum atomic E-state index is 11.9. The summed E-state index contributed by atoms with van der Waals surface area (Å²) < 4.78 is 23.8. The van der Waals surface area contributed by atoms with E-state index in [1.54, 1.807) is 11.8 Å². The fourth-order valence-corrected chi connectivity index (χ4v) is 7.58. The zero-order valence-corrected chi connectivity index (χ0v) is 17.5. The van der Waals surface area contributed by atoms with Gasteiger partial charge >= 0.3 is 0 Å². The maximum absolute atomic E-state index is 11.9. The van der Waals surface area contributed by atoms with Crippen molar-refractivity contribution in [2.45, 2.75) is 38.6 Å². The highest BCUT2D eigenvalue weighted by Crippen LogP contribution is 2.37. The van der Waals surface area contributed by atoms with Gasteiger partial charge in [-0.25, -0.2) is 8.42 Å². The summed E-state index contributed by atoms with van der Waals surface area (Å²) in [6.07, 6.45) is 0. The molecule has 2 heterocycles. The SMILES string of the molecule is Cc1cc(C)cc(N(Cc2ccccc2C)C2=N[C@H]3CS(=O)(=O)C[C@H]3S2)c1. The van der Waals surface area contributed by atoms with Gasteiger partial charge in [-0.05, 0) is 55.2 Å². The number of sulfone groups is 1. The first-order valence-corrected chi connectivity index (χ1v) is 11.9. The quantitative estimate of drug-likeness (QED) is 0.784. The fourth-order valence-electron chi connectivity index (χ4n) is 3.80. The number of aliphatic imine (C=N–C) groups is 1. The normalized spacial score (nSPS) is 23.1. The first-order chi connectivity index (χ1) is 12.8. The predicted molar refractivity (Wildman–Crippen MR) is 115 cm³/mol. The Labute approximate surface area is 165 Å². The standard InChI is InChI=1S/C21H24N2O2S2/c1-14-8-15(2)10-18(9-14)23(11-17-7-5-4-6-16(17)3)21-22-19-12-27(24,25)13-20(19)26-21/h4-10,19-20H,11-13H2,1-3H3/t19-,20+/m0/s1. The molecule has 27 heavy (non-hydrogen) atoms. The Bertz CT molecular complexity index is 994. The van der Waals surface area contributed by atoms with Crippen molar-refractivity contribution in [3.8, 4) is 0 Å². The molecule has 1 fully saturated rings. The van der Waals surface area contributed by atoms with Crippen LogP contribution in [0.4, 0.5) is 5.69 Å². The Kier molecular flexibility index (Phi) is 4.80. The molecule has 2 aliphatic rings. The van der Waals surface area contributed by atoms with Crippen molar-refractivity contribution in [2.24, 2.45) is 4.99 Å². The van der Waals surface area contributed by atoms with Crippen LogP contribution in [0.3, 0.4) is 0 Å². The van der Waals surface area contributed by atoms with E-state index in [0.29, 0.717) is 0 Å². The minimum Gasteiger partial charge on any atom is -0.317 e. The highest BCUT2D eigenvalue weighted by Gasteiger charge is 2.44. The molecule has 0 radical (unpaired) electrons. The first kappa shape index (κ1) is 18.6. The van der Waals surface area contributed by atoms with E-state index >= 15 is 0 Å². The van der Waals surface area contributed by atoms with Gasteiger partial charge in [-0.2, -0.15) is 0 Å². The molecule has 142 valence electrons. The van der Waals surface area contributed by atoms with Gasteiger partial charge in [0, 0.05) is 10.9 Å². The molecule has 2 aromatic rings. The van der Waals surface area contributed by atoms with E-state index in [0.717, 1.165) is 17.4 Å². The summed E-state index contributed by atoms with van der Waals surface area (Å²) in [4.78, 5) is 7.08. The lowest BCUT2D eigenvalue weighted by molar-refractivity contribution is 0.601. The van der Waals surface area contributed by atoms with Crippen LogP contribution in [-0.2, 0) is 16.4 Å². The Morgan fingerprint density at radius 1 is 1.07 bits per heavy atom. The topological polar surface area (TPSA) is 49.7 Å². The number of rotatable bonds is 3. The zero-order chi connectivity index (χ0) is 19.2. The van der Waals surface area contributed by atoms with Crippen molar-refractivity contribution < 1.29 is 8.42 Å². The van der Waals surface area contributed by atoms with Crippen molar-refractivity contribution in [3.63, 3.8) is 0 Å². The summed E-state index contributed by atoms with van der Waals surface area (Å²) in [5.74, 6) is 0.416. The van der Waals surface area contributed by atoms with Gasteiger partial charge in [-0.15, -0.1) is 0 Å². The Hall–Kier alpha value is -1.79. The van der Waals surface area contributed by atoms with E-state index in [9.17, 15) is 8.42 Å². The van der Waals surface area contributed by atoms with Crippen LogP contribution >= 0.6 is 11.8 Å². The van der Waals surface area contributed by atoms with Gasteiger partial charge in [-0.3, -0.25) is 4.99 Å². The highest BCUT2D eigenvalue weighted by molar-refractivity contribution is 8.15. The number of thioether (sulfide) groups is 1. The number of hydrogen-bond donors (Lipinski definition) is 0. The average molecular weight is 401 g/mol. The minimum atomic E-state index is -2.94. The van der Waals surface area contributed by atoms with Gasteiger partial charge in [0.15, 0.2) is 15.0 Å². The Morgan fingerprint density at radius 3 is 2.44 bits per heavy atom. The van der Waals surface area contributed by atoms with E-state index in [2.05, 4.69) is 68.1 Å². The third-order valence-corrected chi connectivity index (χ3v) is 8.39. The van der Waals surface area contributed by atoms with Gasteiger partial charge in [0.05, 0.1) is 24.1 Å². The Morgan fingerprint density at radius 2 is 1.78 bits per heavy atom. The van der Waals surface area contributed by atoms with Crippen molar-refractivity contribution in [2.75, 3.05) is 16.4 Å². The molecule has 1 saturated heterocycles. The van der Waals surface area contributed by atoms with Crippen LogP contribution in [0.15, 0.2) is 47.5 Å². The van der Waals surface area contributed by atoms with Crippen molar-refractivity contribution >= 4 is 32.5 Å². The second-order valence-electron chi connectivity index (χ2n) is 7.57. The third-order valence-electron chi connectivity index (χ3n) is 5.14. The molecule has 4 nitrogen and oxygen atoms in total. The molecule has 2 atom stereocenters. The lowest BCUT2D eigenvalue weighted by Gasteiger charge is -2.26. The number of hydrogen-bond acceptors (Lipinski definition) is 5. The number of anilines is 1.